The summed E-state index contributed by atoms with van der Waals surface area (Å²) >= 11 is 1.80. The maximum Gasteiger partial charge on any atom is 0.00778 e. The number of hydrogen-bond acceptors (Lipinski definition) is 1. The predicted octanol–water partition coefficient (Wildman–Crippen LogP) is 4.39. The molecule has 0 spiro atoms. The van der Waals surface area contributed by atoms with Gasteiger partial charge in [0.05, 0.1) is 0 Å². The first-order chi connectivity index (χ1) is 6.80. The van der Waals surface area contributed by atoms with Crippen LogP contribution in [-0.2, 0) is 6.42 Å². The van der Waals surface area contributed by atoms with Crippen LogP contribution in [-0.4, -0.2) is 6.26 Å². The summed E-state index contributed by atoms with van der Waals surface area (Å²) < 4.78 is 0. The Labute approximate surface area is 91.4 Å². The van der Waals surface area contributed by atoms with Crippen LogP contribution in [0.4, 0.5) is 0 Å². The van der Waals surface area contributed by atoms with Gasteiger partial charge in [-0.05, 0) is 42.4 Å². The van der Waals surface area contributed by atoms with E-state index in [0.717, 1.165) is 0 Å². The van der Waals surface area contributed by atoms with Crippen LogP contribution in [0, 0.1) is 0 Å². The van der Waals surface area contributed by atoms with Crippen molar-refractivity contribution in [2.45, 2.75) is 31.1 Å². The maximum absolute atomic E-state index is 3.82. The number of rotatable bonds is 5. The molecule has 0 aromatic heterocycles. The Morgan fingerprint density at radius 1 is 1.36 bits per heavy atom. The average Bonchev–Trinajstić information content (AvgIpc) is 2.25. The molecule has 0 aliphatic heterocycles. The molecule has 0 aliphatic rings. The largest absolute Gasteiger partial charge is 0.130 e. The van der Waals surface area contributed by atoms with Crippen molar-refractivity contribution in [2.24, 2.45) is 0 Å². The third-order valence-electron chi connectivity index (χ3n) is 2.28. The summed E-state index contributed by atoms with van der Waals surface area (Å²) in [6, 6.07) is 6.71. The van der Waals surface area contributed by atoms with Gasteiger partial charge in [0.2, 0.25) is 0 Å². The van der Waals surface area contributed by atoms with E-state index in [1.165, 1.54) is 35.3 Å². The molecule has 1 aromatic rings. The van der Waals surface area contributed by atoms with E-state index >= 15 is 0 Å². The van der Waals surface area contributed by atoms with Gasteiger partial charge in [0.25, 0.3) is 0 Å². The van der Waals surface area contributed by atoms with Gasteiger partial charge < -0.3 is 0 Å². The molecule has 1 rings (SSSR count). The lowest BCUT2D eigenvalue weighted by Gasteiger charge is -2.05. The first-order valence-electron chi connectivity index (χ1n) is 5.10. The molecule has 1 aromatic carbocycles. The molecule has 0 nitrogen and oxygen atoms in total. The fourth-order valence-electron chi connectivity index (χ4n) is 1.45. The smallest absolute Gasteiger partial charge is 0.00778 e. The Hall–Kier alpha value is -0.690. The summed E-state index contributed by atoms with van der Waals surface area (Å²) in [4.78, 5) is 1.34. The predicted molar refractivity (Wildman–Crippen MR) is 66.9 cm³/mol. The molecule has 76 valence electrons. The van der Waals surface area contributed by atoms with Gasteiger partial charge in [0.1, 0.15) is 0 Å². The van der Waals surface area contributed by atoms with Crippen molar-refractivity contribution in [1.82, 2.24) is 0 Å². The molecule has 0 bridgehead atoms. The van der Waals surface area contributed by atoms with Crippen LogP contribution in [0.5, 0.6) is 0 Å². The van der Waals surface area contributed by atoms with Crippen molar-refractivity contribution in [2.75, 3.05) is 6.26 Å². The van der Waals surface area contributed by atoms with Crippen LogP contribution in [0.1, 0.15) is 30.9 Å². The highest BCUT2D eigenvalue weighted by atomic mass is 32.2. The quantitative estimate of drug-likeness (QED) is 0.644. The van der Waals surface area contributed by atoms with Gasteiger partial charge in [0.15, 0.2) is 0 Å². The summed E-state index contributed by atoms with van der Waals surface area (Å²) in [7, 11) is 0. The van der Waals surface area contributed by atoms with Gasteiger partial charge in [-0.2, -0.15) is 0 Å². The minimum Gasteiger partial charge on any atom is -0.130 e. The van der Waals surface area contributed by atoms with Gasteiger partial charge in [-0.1, -0.05) is 32.1 Å². The number of benzene rings is 1. The van der Waals surface area contributed by atoms with Gasteiger partial charge in [-0.3, -0.25) is 0 Å². The minimum atomic E-state index is 1.19. The van der Waals surface area contributed by atoms with Gasteiger partial charge in [0, 0.05) is 4.90 Å². The van der Waals surface area contributed by atoms with Crippen LogP contribution >= 0.6 is 11.8 Å². The zero-order valence-electron chi connectivity index (χ0n) is 9.05. The monoisotopic (exact) mass is 206 g/mol. The lowest BCUT2D eigenvalue weighted by atomic mass is 10.1. The minimum absolute atomic E-state index is 1.19. The third kappa shape index (κ3) is 3.22. The average molecular weight is 206 g/mol. The van der Waals surface area contributed by atoms with E-state index < -0.39 is 0 Å². The van der Waals surface area contributed by atoms with Crippen molar-refractivity contribution in [3.63, 3.8) is 0 Å². The second-order valence-electron chi connectivity index (χ2n) is 3.42. The zero-order valence-corrected chi connectivity index (χ0v) is 9.86. The van der Waals surface area contributed by atoms with Gasteiger partial charge in [-0.15, -0.1) is 11.8 Å². The van der Waals surface area contributed by atoms with Crippen LogP contribution in [0.2, 0.25) is 0 Å². The maximum atomic E-state index is 3.82. The fraction of sp³-hybridized carbons (Fsp3) is 0.385. The molecule has 14 heavy (non-hydrogen) atoms. The number of unbranched alkanes of at least 4 members (excludes halogenated alkanes) is 1. The summed E-state index contributed by atoms with van der Waals surface area (Å²) in [5, 5.41) is 0. The molecule has 0 heterocycles. The van der Waals surface area contributed by atoms with Crippen molar-refractivity contribution in [3.8, 4) is 0 Å². The van der Waals surface area contributed by atoms with Gasteiger partial charge >= 0.3 is 0 Å². The Bertz CT molecular complexity index is 302. The first kappa shape index (κ1) is 11.4. The van der Waals surface area contributed by atoms with E-state index in [0.29, 0.717) is 0 Å². The molecule has 0 fully saturated rings. The molecule has 0 atom stereocenters. The Morgan fingerprint density at radius 2 is 2.14 bits per heavy atom. The lowest BCUT2D eigenvalue weighted by molar-refractivity contribution is 0.793. The van der Waals surface area contributed by atoms with Crippen molar-refractivity contribution >= 4 is 17.8 Å². The molecular weight excluding hydrogens is 188 g/mol. The molecule has 0 saturated carbocycles. The van der Waals surface area contributed by atoms with Crippen molar-refractivity contribution in [3.05, 3.63) is 35.9 Å². The van der Waals surface area contributed by atoms with E-state index in [1.807, 2.05) is 6.08 Å². The second kappa shape index (κ2) is 5.92. The van der Waals surface area contributed by atoms with E-state index in [9.17, 15) is 0 Å². The molecule has 0 aliphatic carbocycles. The number of aryl methyl sites for hydroxylation is 1. The molecule has 0 saturated heterocycles. The fourth-order valence-corrected chi connectivity index (χ4v) is 1.97. The van der Waals surface area contributed by atoms with Crippen LogP contribution in [0.3, 0.4) is 0 Å². The molecule has 0 N–H and O–H groups in total. The van der Waals surface area contributed by atoms with E-state index in [4.69, 9.17) is 0 Å². The summed E-state index contributed by atoms with van der Waals surface area (Å²) in [5.41, 5.74) is 2.68. The number of hydrogen-bond donors (Lipinski definition) is 0. The lowest BCUT2D eigenvalue weighted by Crippen LogP contribution is -1.87. The van der Waals surface area contributed by atoms with Crippen LogP contribution < -0.4 is 0 Å². The normalized spacial score (nSPS) is 10.1. The Morgan fingerprint density at radius 3 is 2.71 bits per heavy atom. The topological polar surface area (TPSA) is 0 Å². The van der Waals surface area contributed by atoms with Crippen LogP contribution in [0.25, 0.3) is 6.08 Å². The van der Waals surface area contributed by atoms with Crippen molar-refractivity contribution < 1.29 is 0 Å². The molecule has 0 unspecified atom stereocenters. The molecule has 1 heteroatoms. The molecule has 0 amide bonds. The highest BCUT2D eigenvalue weighted by molar-refractivity contribution is 7.98. The first-order valence-corrected chi connectivity index (χ1v) is 6.33. The van der Waals surface area contributed by atoms with E-state index in [-0.39, 0.29) is 0 Å². The molecule has 0 radical (unpaired) electrons. The highest BCUT2D eigenvalue weighted by Gasteiger charge is 1.98. The van der Waals surface area contributed by atoms with Gasteiger partial charge in [-0.25, -0.2) is 0 Å². The SMILES string of the molecule is C=Cc1cc(CCCC)cc(SC)c1. The second-order valence-corrected chi connectivity index (χ2v) is 4.30. The number of thioether (sulfide) groups is 1. The summed E-state index contributed by atoms with van der Waals surface area (Å²) in [6.45, 7) is 6.05. The van der Waals surface area contributed by atoms with Crippen LogP contribution in [0.15, 0.2) is 29.7 Å². The van der Waals surface area contributed by atoms with Crippen molar-refractivity contribution in [1.29, 1.82) is 0 Å². The zero-order chi connectivity index (χ0) is 10.4. The van der Waals surface area contributed by atoms with E-state index in [1.54, 1.807) is 11.8 Å². The third-order valence-corrected chi connectivity index (χ3v) is 2.99. The Kier molecular flexibility index (Phi) is 4.81. The Balaban J connectivity index is 2.86. The highest BCUT2D eigenvalue weighted by Crippen LogP contribution is 2.20. The van der Waals surface area contributed by atoms with E-state index in [2.05, 4.69) is 38.0 Å². The summed E-state index contributed by atoms with van der Waals surface area (Å²) in [6.07, 6.45) is 7.76. The molecular formula is C13H18S. The standard InChI is InChI=1S/C13H18S/c1-4-6-7-12-8-11(5-2)9-13(10-12)14-3/h5,8-10H,2,4,6-7H2,1,3H3. The summed E-state index contributed by atoms with van der Waals surface area (Å²) in [5.74, 6) is 0.